The summed E-state index contributed by atoms with van der Waals surface area (Å²) >= 11 is 0. The van der Waals surface area contributed by atoms with Crippen LogP contribution in [0.1, 0.15) is 21.8 Å². The smallest absolute Gasteiger partial charge is 0.294 e. The highest BCUT2D eigenvalue weighted by Gasteiger charge is 2.11. The van der Waals surface area contributed by atoms with Gasteiger partial charge in [0.15, 0.2) is 0 Å². The van der Waals surface area contributed by atoms with Gasteiger partial charge in [0, 0.05) is 34.6 Å². The number of anilines is 1. The molecule has 0 saturated heterocycles. The fourth-order valence-electron chi connectivity index (χ4n) is 1.64. The third-order valence-corrected chi connectivity index (χ3v) is 3.15. The van der Waals surface area contributed by atoms with Crippen LogP contribution >= 0.6 is 0 Å². The van der Waals surface area contributed by atoms with E-state index in [2.05, 4.69) is 10.5 Å². The molecule has 0 aliphatic carbocycles. The molecule has 1 N–H and O–H groups in total. The van der Waals surface area contributed by atoms with Gasteiger partial charge in [-0.3, -0.25) is 9.00 Å². The van der Waals surface area contributed by atoms with Gasteiger partial charge in [-0.25, -0.2) is 0 Å². The third kappa shape index (κ3) is 3.75. The van der Waals surface area contributed by atoms with Crippen LogP contribution in [0.2, 0.25) is 0 Å². The Kier molecular flexibility index (Phi) is 4.11. The van der Waals surface area contributed by atoms with Crippen molar-refractivity contribution in [2.45, 2.75) is 12.7 Å². The number of amides is 1. The number of rotatable bonds is 4. The molecule has 0 aliphatic heterocycles. The number of carbonyl (C=O) groups is 1. The summed E-state index contributed by atoms with van der Waals surface area (Å²) in [5.41, 5.74) is 2.20. The van der Waals surface area contributed by atoms with Gasteiger partial charge >= 0.3 is 0 Å². The Balaban J connectivity index is 2.10. The zero-order valence-corrected chi connectivity index (χ0v) is 11.5. The zero-order valence-electron chi connectivity index (χ0n) is 10.7. The number of hydrogen-bond donors (Lipinski definition) is 1. The second-order valence-corrected chi connectivity index (χ2v) is 5.64. The van der Waals surface area contributed by atoms with E-state index in [1.807, 2.05) is 12.1 Å². The molecule has 0 spiro atoms. The van der Waals surface area contributed by atoms with Crippen molar-refractivity contribution < 1.29 is 13.5 Å². The maximum Gasteiger partial charge on any atom is 0.294 e. The van der Waals surface area contributed by atoms with Crippen molar-refractivity contribution >= 4 is 22.4 Å². The Labute approximate surface area is 113 Å². The van der Waals surface area contributed by atoms with E-state index in [4.69, 9.17) is 4.52 Å². The molecule has 0 unspecified atom stereocenters. The molecule has 100 valence electrons. The van der Waals surface area contributed by atoms with Crippen molar-refractivity contribution in [1.82, 2.24) is 5.16 Å². The highest BCUT2D eigenvalue weighted by Crippen LogP contribution is 2.14. The maximum absolute atomic E-state index is 11.9. The molecule has 1 heterocycles. The molecule has 0 fully saturated rings. The van der Waals surface area contributed by atoms with E-state index in [-0.39, 0.29) is 11.7 Å². The molecule has 1 atom stereocenters. The fourth-order valence-corrected chi connectivity index (χ4v) is 2.29. The summed E-state index contributed by atoms with van der Waals surface area (Å²) in [6, 6.07) is 8.81. The van der Waals surface area contributed by atoms with Gasteiger partial charge in [-0.05, 0) is 24.6 Å². The van der Waals surface area contributed by atoms with E-state index in [0.29, 0.717) is 17.1 Å². The number of nitrogens with zero attached hydrogens (tertiary/aromatic N) is 1. The second kappa shape index (κ2) is 5.79. The van der Waals surface area contributed by atoms with Gasteiger partial charge in [-0.2, -0.15) is 0 Å². The van der Waals surface area contributed by atoms with Crippen molar-refractivity contribution in [3.63, 3.8) is 0 Å². The minimum absolute atomic E-state index is 0.168. The molecule has 0 saturated carbocycles. The summed E-state index contributed by atoms with van der Waals surface area (Å²) in [7, 11) is -0.911. The second-order valence-electron chi connectivity index (χ2n) is 4.20. The maximum atomic E-state index is 11.9. The molecular formula is C13H14N2O3S. The molecule has 5 nitrogen and oxygen atoms in total. The van der Waals surface area contributed by atoms with Crippen LogP contribution in [0.15, 0.2) is 34.9 Å². The van der Waals surface area contributed by atoms with Gasteiger partial charge in [0.1, 0.15) is 0 Å². The zero-order chi connectivity index (χ0) is 13.8. The van der Waals surface area contributed by atoms with E-state index in [0.717, 1.165) is 5.56 Å². The lowest BCUT2D eigenvalue weighted by molar-refractivity contribution is 0.0988. The monoisotopic (exact) mass is 278 g/mol. The van der Waals surface area contributed by atoms with E-state index in [1.54, 1.807) is 31.4 Å². The molecule has 6 heteroatoms. The van der Waals surface area contributed by atoms with Crippen LogP contribution in [0, 0.1) is 6.92 Å². The van der Waals surface area contributed by atoms with Crippen molar-refractivity contribution in [2.24, 2.45) is 0 Å². The number of nitrogens with one attached hydrogen (secondary N) is 1. The lowest BCUT2D eigenvalue weighted by Gasteiger charge is -2.05. The van der Waals surface area contributed by atoms with E-state index in [1.165, 1.54) is 0 Å². The first-order valence-electron chi connectivity index (χ1n) is 5.68. The Morgan fingerprint density at radius 3 is 2.84 bits per heavy atom. The molecule has 1 aromatic carbocycles. The minimum Gasteiger partial charge on any atom is -0.351 e. The van der Waals surface area contributed by atoms with Crippen LogP contribution in [-0.2, 0) is 16.6 Å². The number of benzene rings is 1. The van der Waals surface area contributed by atoms with Gasteiger partial charge < -0.3 is 9.84 Å². The Hall–Kier alpha value is -1.95. The van der Waals surface area contributed by atoms with Crippen LogP contribution in [0.25, 0.3) is 0 Å². The van der Waals surface area contributed by atoms with Crippen LogP contribution in [0.3, 0.4) is 0 Å². The first-order valence-corrected chi connectivity index (χ1v) is 7.41. The van der Waals surface area contributed by atoms with Gasteiger partial charge in [-0.15, -0.1) is 0 Å². The summed E-state index contributed by atoms with van der Waals surface area (Å²) in [6.45, 7) is 1.75. The average Bonchev–Trinajstić information content (AvgIpc) is 2.75. The third-order valence-electron chi connectivity index (χ3n) is 2.41. The number of carbonyl (C=O) groups excluding carboxylic acids is 1. The Morgan fingerprint density at radius 1 is 1.42 bits per heavy atom. The van der Waals surface area contributed by atoms with Crippen LogP contribution in [0.4, 0.5) is 5.69 Å². The largest absolute Gasteiger partial charge is 0.351 e. The van der Waals surface area contributed by atoms with E-state index >= 15 is 0 Å². The van der Waals surface area contributed by atoms with Crippen molar-refractivity contribution in [2.75, 3.05) is 11.6 Å². The normalized spacial score (nSPS) is 12.1. The highest BCUT2D eigenvalue weighted by molar-refractivity contribution is 7.83. The Bertz CT molecular complexity index is 622. The molecule has 2 aromatic rings. The molecule has 0 aliphatic rings. The summed E-state index contributed by atoms with van der Waals surface area (Å²) in [5.74, 6) is 0.280. The summed E-state index contributed by atoms with van der Waals surface area (Å²) in [5, 5.41) is 6.37. The lowest BCUT2D eigenvalue weighted by atomic mass is 10.2. The van der Waals surface area contributed by atoms with Crippen LogP contribution in [-0.4, -0.2) is 21.5 Å². The molecule has 0 radical (unpaired) electrons. The SMILES string of the molecule is Cc1cc(C(=O)Nc2cccc(C[S@@](C)=O)c2)on1. The predicted octanol–water partition coefficient (Wildman–Crippen LogP) is 2.11. The predicted molar refractivity (Wildman–Crippen MR) is 73.4 cm³/mol. The molecule has 1 amide bonds. The minimum atomic E-state index is -0.911. The number of hydrogen-bond acceptors (Lipinski definition) is 4. The summed E-state index contributed by atoms with van der Waals surface area (Å²) < 4.78 is 16.1. The quantitative estimate of drug-likeness (QED) is 0.929. The lowest BCUT2D eigenvalue weighted by Crippen LogP contribution is -2.11. The standard InChI is InChI=1S/C13H14N2O3S/c1-9-6-12(18-15-9)13(16)14-11-5-3-4-10(7-11)8-19(2)17/h3-7H,8H2,1-2H3,(H,14,16)/t19-/m1/s1. The molecule has 1 aromatic heterocycles. The molecule has 19 heavy (non-hydrogen) atoms. The van der Waals surface area contributed by atoms with E-state index in [9.17, 15) is 9.00 Å². The average molecular weight is 278 g/mol. The van der Waals surface area contributed by atoms with Crippen LogP contribution < -0.4 is 5.32 Å². The van der Waals surface area contributed by atoms with Crippen molar-refractivity contribution in [1.29, 1.82) is 0 Å². The van der Waals surface area contributed by atoms with Crippen molar-refractivity contribution in [3.05, 3.63) is 47.3 Å². The Morgan fingerprint density at radius 2 is 2.21 bits per heavy atom. The van der Waals surface area contributed by atoms with Crippen molar-refractivity contribution in [3.8, 4) is 0 Å². The van der Waals surface area contributed by atoms with Gasteiger partial charge in [0.2, 0.25) is 5.76 Å². The topological polar surface area (TPSA) is 72.2 Å². The summed E-state index contributed by atoms with van der Waals surface area (Å²) in [4.78, 5) is 11.9. The highest BCUT2D eigenvalue weighted by atomic mass is 32.2. The molecule has 0 bridgehead atoms. The fraction of sp³-hybridized carbons (Fsp3) is 0.231. The first-order chi connectivity index (χ1) is 9.04. The first kappa shape index (κ1) is 13.5. The van der Waals surface area contributed by atoms with E-state index < -0.39 is 10.8 Å². The number of aromatic nitrogens is 1. The molecular weight excluding hydrogens is 264 g/mol. The van der Waals surface area contributed by atoms with Crippen LogP contribution in [0.5, 0.6) is 0 Å². The van der Waals surface area contributed by atoms with Gasteiger partial charge in [0.05, 0.1) is 5.69 Å². The number of aryl methyl sites for hydroxylation is 1. The van der Waals surface area contributed by atoms with Gasteiger partial charge in [0.25, 0.3) is 5.91 Å². The summed E-state index contributed by atoms with van der Waals surface area (Å²) in [6.07, 6.45) is 1.64. The molecule has 2 rings (SSSR count). The van der Waals surface area contributed by atoms with Gasteiger partial charge in [-0.1, -0.05) is 17.3 Å².